The Hall–Kier alpha value is -0.176. The van der Waals surface area contributed by atoms with Gasteiger partial charge in [-0.05, 0) is 42.7 Å². The summed E-state index contributed by atoms with van der Waals surface area (Å²) in [5.41, 5.74) is 0.818. The second kappa shape index (κ2) is 7.45. The average Bonchev–Trinajstić information content (AvgIpc) is 2.38. The Bertz CT molecular complexity index is 490. The van der Waals surface area contributed by atoms with E-state index in [1.165, 1.54) is 0 Å². The fourth-order valence-electron chi connectivity index (χ4n) is 2.70. The molecule has 1 saturated carbocycles. The Kier molecular flexibility index (Phi) is 6.81. The molecule has 1 aliphatic rings. The monoisotopic (exact) mass is 387 g/mol. The van der Waals surface area contributed by atoms with Crippen molar-refractivity contribution in [2.45, 2.75) is 110 Å². The highest BCUT2D eigenvalue weighted by Crippen LogP contribution is 2.42. The van der Waals surface area contributed by atoms with Gasteiger partial charge in [0.2, 0.25) is 0 Å². The lowest BCUT2D eigenvalue weighted by Gasteiger charge is -2.46. The van der Waals surface area contributed by atoms with E-state index < -0.39 is 16.6 Å². The molecule has 0 aliphatic heterocycles. The molecule has 1 aliphatic carbocycles. The van der Waals surface area contributed by atoms with Crippen molar-refractivity contribution >= 4 is 22.3 Å². The first-order chi connectivity index (χ1) is 11.0. The van der Waals surface area contributed by atoms with E-state index >= 15 is 0 Å². The largest absolute Gasteiger partial charge is 0.413 e. The van der Waals surface area contributed by atoms with Gasteiger partial charge in [-0.3, -0.25) is 0 Å². The van der Waals surface area contributed by atoms with Gasteiger partial charge in [-0.2, -0.15) is 0 Å². The van der Waals surface area contributed by atoms with Gasteiger partial charge in [-0.1, -0.05) is 53.6 Å². The zero-order chi connectivity index (χ0) is 19.8. The zero-order valence-corrected chi connectivity index (χ0v) is 20.4. The molecule has 3 atom stereocenters. The first-order valence-electron chi connectivity index (χ1n) is 9.58. The molecule has 0 radical (unpaired) electrons. The third-order valence-electron chi connectivity index (χ3n) is 6.66. The molecule has 0 bridgehead atoms. The Labute approximate surface area is 157 Å². The maximum absolute atomic E-state index is 9.51. The van der Waals surface area contributed by atoms with E-state index in [-0.39, 0.29) is 28.2 Å². The van der Waals surface area contributed by atoms with Gasteiger partial charge in [0.15, 0.2) is 16.6 Å². The molecule has 0 aromatic heterocycles. The summed E-state index contributed by atoms with van der Waals surface area (Å²) in [7, 11) is -3.74. The molecule has 0 heterocycles. The van der Waals surface area contributed by atoms with E-state index in [0.717, 1.165) is 12.1 Å². The molecule has 0 saturated heterocycles. The molecule has 4 nitrogen and oxygen atoms in total. The van der Waals surface area contributed by atoms with Crippen LogP contribution in [0.1, 0.15) is 61.3 Å². The Morgan fingerprint density at radius 1 is 0.920 bits per heavy atom. The van der Waals surface area contributed by atoms with Crippen molar-refractivity contribution in [1.29, 1.82) is 0 Å². The van der Waals surface area contributed by atoms with E-state index in [2.05, 4.69) is 79.8 Å². The second-order valence-electron chi connectivity index (χ2n) is 10.7. The predicted molar refractivity (Wildman–Crippen MR) is 112 cm³/mol. The molecule has 1 fully saturated rings. The molecule has 0 aromatic carbocycles. The summed E-state index contributed by atoms with van der Waals surface area (Å²) in [6.45, 7) is 24.8. The molecule has 0 spiro atoms. The number of hydrogen-bond acceptors (Lipinski definition) is 4. The van der Waals surface area contributed by atoms with Gasteiger partial charge < -0.3 is 14.1 Å². The highest BCUT2D eigenvalue weighted by Gasteiger charge is 2.45. The fourth-order valence-corrected chi connectivity index (χ4v) is 5.48. The third-order valence-corrected chi connectivity index (χ3v) is 15.7. The highest BCUT2D eigenvalue weighted by atomic mass is 28.4. The summed E-state index contributed by atoms with van der Waals surface area (Å²) >= 11 is 0. The van der Waals surface area contributed by atoms with Crippen molar-refractivity contribution in [3.05, 3.63) is 0 Å². The lowest BCUT2D eigenvalue weighted by Crippen LogP contribution is -2.52. The maximum Gasteiger partial charge on any atom is 0.192 e. The Morgan fingerprint density at radius 3 is 1.76 bits per heavy atom. The lowest BCUT2D eigenvalue weighted by molar-refractivity contribution is 0.0618. The molecular formula is C19H41NO3Si2. The first kappa shape index (κ1) is 22.9. The van der Waals surface area contributed by atoms with Crippen LogP contribution in [-0.4, -0.2) is 39.8 Å². The van der Waals surface area contributed by atoms with Gasteiger partial charge in [0.1, 0.15) is 0 Å². The van der Waals surface area contributed by atoms with Crippen LogP contribution in [0.15, 0.2) is 5.16 Å². The third kappa shape index (κ3) is 5.40. The van der Waals surface area contributed by atoms with E-state index in [9.17, 15) is 5.21 Å². The quantitative estimate of drug-likeness (QED) is 0.364. The molecule has 25 heavy (non-hydrogen) atoms. The highest BCUT2D eigenvalue weighted by molar-refractivity contribution is 6.74. The van der Waals surface area contributed by atoms with Crippen LogP contribution < -0.4 is 0 Å². The molecule has 6 heteroatoms. The number of hydrogen-bond donors (Lipinski definition) is 1. The topological polar surface area (TPSA) is 51.1 Å². The fraction of sp³-hybridized carbons (Fsp3) is 0.947. The van der Waals surface area contributed by atoms with Crippen molar-refractivity contribution in [3.63, 3.8) is 0 Å². The summed E-state index contributed by atoms with van der Waals surface area (Å²) < 4.78 is 13.3. The van der Waals surface area contributed by atoms with Crippen LogP contribution >= 0.6 is 0 Å². The normalized spacial score (nSPS) is 28.4. The summed E-state index contributed by atoms with van der Waals surface area (Å²) in [5.74, 6) is 0.137. The van der Waals surface area contributed by atoms with Crippen LogP contribution in [0, 0.1) is 5.92 Å². The van der Waals surface area contributed by atoms with Crippen molar-refractivity contribution in [1.82, 2.24) is 0 Å². The van der Waals surface area contributed by atoms with Crippen LogP contribution in [0.4, 0.5) is 0 Å². The van der Waals surface area contributed by atoms with Gasteiger partial charge in [0.25, 0.3) is 0 Å². The van der Waals surface area contributed by atoms with E-state index in [4.69, 9.17) is 8.85 Å². The lowest BCUT2D eigenvalue weighted by atomic mass is 9.84. The Balaban J connectivity index is 3.00. The van der Waals surface area contributed by atoms with Crippen molar-refractivity contribution in [3.8, 4) is 0 Å². The molecule has 0 amide bonds. The van der Waals surface area contributed by atoms with Crippen LogP contribution in [0.25, 0.3) is 0 Å². The van der Waals surface area contributed by atoms with E-state index in [0.29, 0.717) is 6.42 Å². The van der Waals surface area contributed by atoms with Gasteiger partial charge in [-0.15, -0.1) is 0 Å². The minimum atomic E-state index is -1.88. The first-order valence-corrected chi connectivity index (χ1v) is 15.4. The molecule has 1 N–H and O–H groups in total. The molecule has 1 rings (SSSR count). The molecule has 148 valence electrons. The number of rotatable bonds is 4. The van der Waals surface area contributed by atoms with Crippen LogP contribution in [0.5, 0.6) is 0 Å². The van der Waals surface area contributed by atoms with Crippen molar-refractivity contribution in [2.75, 3.05) is 0 Å². The smallest absolute Gasteiger partial charge is 0.192 e. The average molecular weight is 388 g/mol. The standard InChI is InChI=1S/C19H41NO3Si2/c1-14-16(20-21)12-15(22-24(8,9)18(2,3)4)13-17(14)23-25(10,11)19(5,6)7/h14-15,17,21H,12-13H2,1-11H3/b20-16-/t14?,15-,17+/m1/s1. The minimum Gasteiger partial charge on any atom is -0.413 e. The van der Waals surface area contributed by atoms with Gasteiger partial charge in [-0.25, -0.2) is 0 Å². The summed E-state index contributed by atoms with van der Waals surface area (Å²) in [5, 5.41) is 13.4. The summed E-state index contributed by atoms with van der Waals surface area (Å²) in [6.07, 6.45) is 1.74. The summed E-state index contributed by atoms with van der Waals surface area (Å²) in [6, 6.07) is 0. The van der Waals surface area contributed by atoms with Crippen LogP contribution in [0.3, 0.4) is 0 Å². The van der Waals surface area contributed by atoms with Crippen molar-refractivity contribution < 1.29 is 14.1 Å². The summed E-state index contributed by atoms with van der Waals surface area (Å²) in [4.78, 5) is 0. The van der Waals surface area contributed by atoms with Gasteiger partial charge >= 0.3 is 0 Å². The Morgan fingerprint density at radius 2 is 1.36 bits per heavy atom. The van der Waals surface area contributed by atoms with Crippen LogP contribution in [0.2, 0.25) is 36.3 Å². The van der Waals surface area contributed by atoms with Crippen molar-refractivity contribution in [2.24, 2.45) is 11.1 Å². The SMILES string of the molecule is CC1/C(=N\O)C[C@@H](O[Si](C)(C)C(C)(C)C)C[C@@H]1O[Si](C)(C)C(C)(C)C. The predicted octanol–water partition coefficient (Wildman–Crippen LogP) is 6.03. The maximum atomic E-state index is 9.51. The number of nitrogens with zero attached hydrogens (tertiary/aromatic N) is 1. The number of oxime groups is 1. The molecule has 0 aromatic rings. The van der Waals surface area contributed by atoms with E-state index in [1.807, 2.05) is 0 Å². The minimum absolute atomic E-state index is 0.0651. The molecule has 1 unspecified atom stereocenters. The van der Waals surface area contributed by atoms with Crippen LogP contribution in [-0.2, 0) is 8.85 Å². The van der Waals surface area contributed by atoms with Gasteiger partial charge in [0, 0.05) is 12.3 Å². The molecular weight excluding hydrogens is 346 g/mol. The van der Waals surface area contributed by atoms with Gasteiger partial charge in [0.05, 0.1) is 17.9 Å². The second-order valence-corrected chi connectivity index (χ2v) is 20.2. The zero-order valence-electron chi connectivity index (χ0n) is 18.4. The van der Waals surface area contributed by atoms with E-state index in [1.54, 1.807) is 0 Å².